The summed E-state index contributed by atoms with van der Waals surface area (Å²) in [5, 5.41) is 22.9. The molecule has 0 aromatic carbocycles. The molecule has 214 valence electrons. The summed E-state index contributed by atoms with van der Waals surface area (Å²) in [5.74, 6) is 0.788. The number of rotatable bonds is 3. The Balaban J connectivity index is 1.31. The molecule has 2 saturated heterocycles. The number of hydrogen-bond acceptors (Lipinski definition) is 6. The lowest BCUT2D eigenvalue weighted by atomic mass is 9.37. The first-order valence-corrected chi connectivity index (χ1v) is 15.1. The molecule has 6 nitrogen and oxygen atoms in total. The second kappa shape index (κ2) is 8.30. The van der Waals surface area contributed by atoms with Crippen LogP contribution in [0.25, 0.3) is 0 Å². The van der Waals surface area contributed by atoms with E-state index in [2.05, 4.69) is 54.5 Å². The van der Waals surface area contributed by atoms with Crippen molar-refractivity contribution in [1.29, 1.82) is 0 Å². The van der Waals surface area contributed by atoms with Crippen molar-refractivity contribution < 1.29 is 29.2 Å². The number of carbonyl (C=O) groups excluding carboxylic acids is 1. The molecular formula is C32H50O6. The highest BCUT2D eigenvalue weighted by Crippen LogP contribution is 2.73. The number of ether oxygens (including phenoxy) is 3. The summed E-state index contributed by atoms with van der Waals surface area (Å²) in [6.07, 6.45) is 7.65. The van der Waals surface area contributed by atoms with E-state index in [-0.39, 0.29) is 57.5 Å². The number of aliphatic hydroxyl groups excluding tert-OH is 2. The van der Waals surface area contributed by atoms with E-state index < -0.39 is 12.4 Å². The third-order valence-corrected chi connectivity index (χ3v) is 13.1. The second-order valence-corrected chi connectivity index (χ2v) is 15.6. The van der Waals surface area contributed by atoms with Gasteiger partial charge in [-0.1, -0.05) is 46.3 Å². The number of carbonyl (C=O) groups is 1. The summed E-state index contributed by atoms with van der Waals surface area (Å²) in [6, 6.07) is 0. The van der Waals surface area contributed by atoms with Crippen molar-refractivity contribution >= 4 is 5.97 Å². The first-order chi connectivity index (χ1) is 17.6. The van der Waals surface area contributed by atoms with Crippen molar-refractivity contribution in [3.8, 4) is 0 Å². The molecule has 4 aliphatic carbocycles. The molecule has 3 saturated carbocycles. The molecule has 2 heterocycles. The molecule has 2 N–H and O–H groups in total. The minimum atomic E-state index is -0.545. The Bertz CT molecular complexity index is 1030. The van der Waals surface area contributed by atoms with Crippen LogP contribution in [0.1, 0.15) is 100 Å². The summed E-state index contributed by atoms with van der Waals surface area (Å²) >= 11 is 0. The zero-order valence-electron chi connectivity index (χ0n) is 24.8. The molecule has 12 atom stereocenters. The highest BCUT2D eigenvalue weighted by atomic mass is 16.7. The number of epoxide rings is 1. The van der Waals surface area contributed by atoms with Gasteiger partial charge >= 0.3 is 5.97 Å². The van der Waals surface area contributed by atoms with E-state index >= 15 is 0 Å². The first-order valence-electron chi connectivity index (χ1n) is 15.1. The third-order valence-electron chi connectivity index (χ3n) is 13.1. The Kier molecular flexibility index (Phi) is 5.95. The zero-order valence-corrected chi connectivity index (χ0v) is 24.8. The van der Waals surface area contributed by atoms with Crippen LogP contribution in [0.5, 0.6) is 0 Å². The molecular weight excluding hydrogens is 480 g/mol. The second-order valence-electron chi connectivity index (χ2n) is 15.6. The van der Waals surface area contributed by atoms with Crippen LogP contribution in [0.4, 0.5) is 0 Å². The van der Waals surface area contributed by atoms with Gasteiger partial charge in [0.05, 0.1) is 23.9 Å². The fourth-order valence-corrected chi connectivity index (χ4v) is 11.0. The maximum atomic E-state index is 12.1. The molecule has 38 heavy (non-hydrogen) atoms. The van der Waals surface area contributed by atoms with Gasteiger partial charge in [-0.25, -0.2) is 0 Å². The Hall–Kier alpha value is -0.950. The van der Waals surface area contributed by atoms with Gasteiger partial charge < -0.3 is 24.4 Å². The van der Waals surface area contributed by atoms with Crippen LogP contribution in [0, 0.1) is 45.3 Å². The van der Waals surface area contributed by atoms with Gasteiger partial charge in [0.1, 0.15) is 6.10 Å². The van der Waals surface area contributed by atoms with Crippen molar-refractivity contribution in [1.82, 2.24) is 0 Å². The quantitative estimate of drug-likeness (QED) is 0.289. The Morgan fingerprint density at radius 1 is 0.974 bits per heavy atom. The minimum Gasteiger partial charge on any atom is -0.436 e. The van der Waals surface area contributed by atoms with Crippen LogP contribution in [0.15, 0.2) is 11.6 Å². The van der Waals surface area contributed by atoms with Crippen molar-refractivity contribution in [2.45, 2.75) is 137 Å². The van der Waals surface area contributed by atoms with Gasteiger partial charge in [0.25, 0.3) is 0 Å². The summed E-state index contributed by atoms with van der Waals surface area (Å²) in [4.78, 5) is 12.1. The maximum absolute atomic E-state index is 12.1. The molecule has 0 radical (unpaired) electrons. The van der Waals surface area contributed by atoms with Crippen LogP contribution < -0.4 is 0 Å². The lowest BCUT2D eigenvalue weighted by Crippen LogP contribution is -2.65. The summed E-state index contributed by atoms with van der Waals surface area (Å²) in [6.45, 7) is 17.3. The molecule has 5 fully saturated rings. The number of aliphatic hydroxyl groups is 2. The molecule has 0 amide bonds. The van der Waals surface area contributed by atoms with E-state index in [1.54, 1.807) is 0 Å². The Morgan fingerprint density at radius 3 is 2.29 bits per heavy atom. The maximum Gasteiger partial charge on any atom is 0.304 e. The summed E-state index contributed by atoms with van der Waals surface area (Å²) in [5.41, 5.74) is 0.773. The highest BCUT2D eigenvalue weighted by molar-refractivity contribution is 5.66. The van der Waals surface area contributed by atoms with Crippen LogP contribution in [-0.4, -0.2) is 52.5 Å². The lowest BCUT2D eigenvalue weighted by molar-refractivity contribution is -0.214. The molecule has 0 spiro atoms. The molecule has 2 aliphatic heterocycles. The van der Waals surface area contributed by atoms with Gasteiger partial charge in [0, 0.05) is 18.3 Å². The average Bonchev–Trinajstić information content (AvgIpc) is 3.11. The fourth-order valence-electron chi connectivity index (χ4n) is 11.0. The average molecular weight is 531 g/mol. The van der Waals surface area contributed by atoms with E-state index in [0.29, 0.717) is 17.8 Å². The third kappa shape index (κ3) is 3.55. The van der Waals surface area contributed by atoms with Crippen molar-refractivity contribution in [2.75, 3.05) is 0 Å². The van der Waals surface area contributed by atoms with E-state index in [0.717, 1.165) is 44.9 Å². The van der Waals surface area contributed by atoms with E-state index in [9.17, 15) is 15.0 Å². The highest BCUT2D eigenvalue weighted by Gasteiger charge is 2.69. The topological polar surface area (TPSA) is 88.5 Å². The normalized spacial score (nSPS) is 54.4. The smallest absolute Gasteiger partial charge is 0.304 e. The minimum absolute atomic E-state index is 0.0440. The molecule has 0 unspecified atom stereocenters. The summed E-state index contributed by atoms with van der Waals surface area (Å²) in [7, 11) is 0. The zero-order chi connectivity index (χ0) is 27.6. The van der Waals surface area contributed by atoms with Crippen molar-refractivity contribution in [2.24, 2.45) is 45.3 Å². The first kappa shape index (κ1) is 27.2. The van der Waals surface area contributed by atoms with Crippen LogP contribution in [0.2, 0.25) is 0 Å². The molecule has 0 aromatic heterocycles. The van der Waals surface area contributed by atoms with Gasteiger partial charge in [0.15, 0.2) is 0 Å². The van der Waals surface area contributed by atoms with Gasteiger partial charge in [0.2, 0.25) is 6.29 Å². The number of hydrogen-bond donors (Lipinski definition) is 2. The van der Waals surface area contributed by atoms with Crippen LogP contribution >= 0.6 is 0 Å². The molecule has 0 bridgehead atoms. The van der Waals surface area contributed by atoms with Crippen molar-refractivity contribution in [3.05, 3.63) is 11.6 Å². The van der Waals surface area contributed by atoms with Gasteiger partial charge in [-0.2, -0.15) is 0 Å². The number of esters is 1. The molecule has 6 heteroatoms. The van der Waals surface area contributed by atoms with Crippen LogP contribution in [-0.2, 0) is 19.0 Å². The van der Waals surface area contributed by atoms with E-state index in [1.165, 1.54) is 12.5 Å². The lowest BCUT2D eigenvalue weighted by Gasteiger charge is -2.68. The van der Waals surface area contributed by atoms with E-state index in [4.69, 9.17) is 14.2 Å². The van der Waals surface area contributed by atoms with Crippen LogP contribution in [0.3, 0.4) is 0 Å². The van der Waals surface area contributed by atoms with E-state index in [1.807, 2.05) is 0 Å². The fraction of sp³-hybridized carbons (Fsp3) is 0.906. The standard InChI is InChI=1S/C32H50O6/c1-17(33)36-27-18(15-20(37-27)26-29(4,5)38-26)19-9-10-21-30(19,6)13-11-22-31(7)14-12-24(34)28(2,3)23(31)16-25(35)32(21,22)8/h10,18-20,22-27,34-35H,9,11-16H2,1-8H3/t18-,19-,20+,22-,23+,24+,25+,26-,27-,30-,31+,32-/m0/s1. The van der Waals surface area contributed by atoms with Gasteiger partial charge in [-0.05, 0) is 92.8 Å². The number of fused-ring (bicyclic) bond motifs is 5. The number of allylic oxidation sites excluding steroid dienone is 1. The molecule has 6 rings (SSSR count). The van der Waals surface area contributed by atoms with Gasteiger partial charge in [-0.3, -0.25) is 4.79 Å². The largest absolute Gasteiger partial charge is 0.436 e. The Labute approximate surface area is 228 Å². The van der Waals surface area contributed by atoms with Crippen molar-refractivity contribution in [3.63, 3.8) is 0 Å². The predicted molar refractivity (Wildman–Crippen MR) is 144 cm³/mol. The summed E-state index contributed by atoms with van der Waals surface area (Å²) < 4.78 is 18.1. The van der Waals surface area contributed by atoms with Gasteiger partial charge in [-0.15, -0.1) is 0 Å². The molecule has 0 aromatic rings. The monoisotopic (exact) mass is 530 g/mol. The molecule has 6 aliphatic rings. The SMILES string of the molecule is CC(=O)O[C@H]1O[C@@H]([C@@H]2OC2(C)C)C[C@H]1[C@@H]1CC=C2[C@]3(C)[C@H](O)C[C@@H]4C(C)(C)[C@H](O)CC[C@]4(C)[C@@H]3CC[C@]21C. The predicted octanol–water partition coefficient (Wildman–Crippen LogP) is 5.40. The Morgan fingerprint density at radius 2 is 1.66 bits per heavy atom.